The SMILES string of the molecule is Nc1ncnc2c1c(-c1ccc(Oc3ccccc3)cc1)nn2CC1CCCN1. The Hall–Kier alpha value is -3.45. The Balaban J connectivity index is 1.49. The summed E-state index contributed by atoms with van der Waals surface area (Å²) in [6, 6.07) is 18.0. The van der Waals surface area contributed by atoms with Crippen LogP contribution in [0.5, 0.6) is 11.5 Å². The number of hydrogen-bond donors (Lipinski definition) is 2. The molecule has 1 saturated heterocycles. The summed E-state index contributed by atoms with van der Waals surface area (Å²) in [7, 11) is 0. The van der Waals surface area contributed by atoms with E-state index in [-0.39, 0.29) is 0 Å². The Kier molecular flexibility index (Phi) is 4.57. The van der Waals surface area contributed by atoms with Crippen LogP contribution in [0.15, 0.2) is 60.9 Å². The van der Waals surface area contributed by atoms with Crippen LogP contribution in [0.4, 0.5) is 5.82 Å². The maximum atomic E-state index is 6.20. The average Bonchev–Trinajstić information content (AvgIpc) is 3.39. The van der Waals surface area contributed by atoms with Gasteiger partial charge < -0.3 is 15.8 Å². The van der Waals surface area contributed by atoms with Crippen molar-refractivity contribution in [3.63, 3.8) is 0 Å². The van der Waals surface area contributed by atoms with Crippen molar-refractivity contribution in [3.05, 3.63) is 60.9 Å². The minimum atomic E-state index is 0.406. The van der Waals surface area contributed by atoms with Gasteiger partial charge in [0.2, 0.25) is 0 Å². The number of benzene rings is 2. The topological polar surface area (TPSA) is 90.9 Å². The molecule has 2 aromatic heterocycles. The summed E-state index contributed by atoms with van der Waals surface area (Å²) in [6.07, 6.45) is 3.83. The largest absolute Gasteiger partial charge is 0.457 e. The van der Waals surface area contributed by atoms with Gasteiger partial charge in [-0.25, -0.2) is 14.6 Å². The van der Waals surface area contributed by atoms with Crippen LogP contribution < -0.4 is 15.8 Å². The predicted octanol–water partition coefficient (Wildman–Crippen LogP) is 3.62. The second kappa shape index (κ2) is 7.52. The molecule has 0 radical (unpaired) electrons. The average molecular weight is 386 g/mol. The van der Waals surface area contributed by atoms with Crippen molar-refractivity contribution >= 4 is 16.9 Å². The molecule has 5 rings (SSSR count). The first-order valence-electron chi connectivity index (χ1n) is 9.81. The molecule has 1 unspecified atom stereocenters. The molecule has 1 atom stereocenters. The molecular formula is C22H22N6O. The van der Waals surface area contributed by atoms with Gasteiger partial charge in [0.25, 0.3) is 0 Å². The number of nitrogens with two attached hydrogens (primary N) is 1. The fourth-order valence-electron chi connectivity index (χ4n) is 3.79. The molecule has 3 N–H and O–H groups in total. The zero-order valence-electron chi connectivity index (χ0n) is 16.0. The standard InChI is InChI=1S/C22H22N6O/c23-21-19-20(15-8-10-18(11-9-15)29-17-6-2-1-3-7-17)27-28(22(19)26-14-25-21)13-16-5-4-12-24-16/h1-3,6-11,14,16,24H,4-5,12-13H2,(H2,23,25,26). The molecule has 2 aromatic carbocycles. The molecule has 146 valence electrons. The third-order valence-electron chi connectivity index (χ3n) is 5.22. The van der Waals surface area contributed by atoms with Crippen LogP contribution in [0, 0.1) is 0 Å². The number of ether oxygens (including phenoxy) is 1. The number of nitrogens with zero attached hydrogens (tertiary/aromatic N) is 4. The zero-order valence-corrected chi connectivity index (χ0v) is 16.0. The molecule has 0 aliphatic carbocycles. The Morgan fingerprint density at radius 1 is 1.03 bits per heavy atom. The molecule has 7 heteroatoms. The number of nitrogens with one attached hydrogen (secondary N) is 1. The fourth-order valence-corrected chi connectivity index (χ4v) is 3.79. The molecule has 3 heterocycles. The van der Waals surface area contributed by atoms with Gasteiger partial charge in [-0.05, 0) is 55.8 Å². The van der Waals surface area contributed by atoms with E-state index in [1.165, 1.54) is 12.7 Å². The van der Waals surface area contributed by atoms with Crippen LogP contribution in [-0.2, 0) is 6.54 Å². The van der Waals surface area contributed by atoms with Gasteiger partial charge in [-0.1, -0.05) is 18.2 Å². The summed E-state index contributed by atoms with van der Waals surface area (Å²) in [5.41, 5.74) is 8.72. The molecule has 0 saturated carbocycles. The highest BCUT2D eigenvalue weighted by atomic mass is 16.5. The Morgan fingerprint density at radius 3 is 2.59 bits per heavy atom. The van der Waals surface area contributed by atoms with Crippen molar-refractivity contribution in [2.24, 2.45) is 0 Å². The quantitative estimate of drug-likeness (QED) is 0.544. The molecule has 0 spiro atoms. The Bertz CT molecular complexity index is 1120. The van der Waals surface area contributed by atoms with Crippen molar-refractivity contribution in [2.45, 2.75) is 25.4 Å². The van der Waals surface area contributed by atoms with Crippen molar-refractivity contribution in [2.75, 3.05) is 12.3 Å². The predicted molar refractivity (Wildman–Crippen MR) is 113 cm³/mol. The van der Waals surface area contributed by atoms with E-state index in [4.69, 9.17) is 15.6 Å². The Morgan fingerprint density at radius 2 is 1.83 bits per heavy atom. The van der Waals surface area contributed by atoms with Crippen LogP contribution in [0.1, 0.15) is 12.8 Å². The van der Waals surface area contributed by atoms with Gasteiger partial charge in [0.15, 0.2) is 5.65 Å². The summed E-state index contributed by atoms with van der Waals surface area (Å²) in [4.78, 5) is 8.65. The minimum absolute atomic E-state index is 0.406. The lowest BCUT2D eigenvalue weighted by Gasteiger charge is -2.10. The highest BCUT2D eigenvalue weighted by Gasteiger charge is 2.21. The van der Waals surface area contributed by atoms with E-state index < -0.39 is 0 Å². The summed E-state index contributed by atoms with van der Waals surface area (Å²) in [5, 5.41) is 9.16. The molecule has 29 heavy (non-hydrogen) atoms. The van der Waals surface area contributed by atoms with Gasteiger partial charge in [-0.3, -0.25) is 0 Å². The summed E-state index contributed by atoms with van der Waals surface area (Å²) >= 11 is 0. The first-order chi connectivity index (χ1) is 14.3. The number of aromatic nitrogens is 4. The normalized spacial score (nSPS) is 16.3. The molecule has 0 bridgehead atoms. The third-order valence-corrected chi connectivity index (χ3v) is 5.22. The molecule has 7 nitrogen and oxygen atoms in total. The lowest BCUT2D eigenvalue weighted by Crippen LogP contribution is -2.27. The molecule has 1 fully saturated rings. The van der Waals surface area contributed by atoms with Gasteiger partial charge in [0, 0.05) is 11.6 Å². The van der Waals surface area contributed by atoms with Gasteiger partial charge in [0.1, 0.15) is 29.3 Å². The molecule has 1 aliphatic heterocycles. The van der Waals surface area contributed by atoms with Crippen molar-refractivity contribution in [3.8, 4) is 22.8 Å². The van der Waals surface area contributed by atoms with Crippen molar-refractivity contribution < 1.29 is 4.74 Å². The number of anilines is 1. The second-order valence-electron chi connectivity index (χ2n) is 7.22. The molecule has 0 amide bonds. The van der Waals surface area contributed by atoms with Gasteiger partial charge in [0.05, 0.1) is 11.9 Å². The highest BCUT2D eigenvalue weighted by molar-refractivity contribution is 5.98. The van der Waals surface area contributed by atoms with Gasteiger partial charge in [-0.2, -0.15) is 5.10 Å². The van der Waals surface area contributed by atoms with E-state index in [0.29, 0.717) is 11.9 Å². The van der Waals surface area contributed by atoms with E-state index in [0.717, 1.165) is 53.3 Å². The molecular weight excluding hydrogens is 364 g/mol. The van der Waals surface area contributed by atoms with Crippen LogP contribution >= 0.6 is 0 Å². The summed E-state index contributed by atoms with van der Waals surface area (Å²) < 4.78 is 7.84. The highest BCUT2D eigenvalue weighted by Crippen LogP contribution is 2.32. The van der Waals surface area contributed by atoms with E-state index in [1.54, 1.807) is 0 Å². The van der Waals surface area contributed by atoms with E-state index in [2.05, 4.69) is 15.3 Å². The summed E-state index contributed by atoms with van der Waals surface area (Å²) in [6.45, 7) is 1.82. The first-order valence-corrected chi connectivity index (χ1v) is 9.81. The number of para-hydroxylation sites is 1. The summed E-state index contributed by atoms with van der Waals surface area (Å²) in [5.74, 6) is 2.01. The van der Waals surface area contributed by atoms with E-state index in [1.807, 2.05) is 59.3 Å². The lowest BCUT2D eigenvalue weighted by atomic mass is 10.1. The van der Waals surface area contributed by atoms with Gasteiger partial charge >= 0.3 is 0 Å². The van der Waals surface area contributed by atoms with E-state index >= 15 is 0 Å². The number of rotatable bonds is 5. The van der Waals surface area contributed by atoms with Crippen LogP contribution in [0.25, 0.3) is 22.3 Å². The first kappa shape index (κ1) is 17.6. The fraction of sp³-hybridized carbons (Fsp3) is 0.227. The number of hydrogen-bond acceptors (Lipinski definition) is 6. The van der Waals surface area contributed by atoms with Crippen molar-refractivity contribution in [1.82, 2.24) is 25.1 Å². The Labute approximate surface area is 168 Å². The van der Waals surface area contributed by atoms with Crippen LogP contribution in [0.3, 0.4) is 0 Å². The lowest BCUT2D eigenvalue weighted by molar-refractivity contribution is 0.482. The third kappa shape index (κ3) is 3.52. The van der Waals surface area contributed by atoms with Crippen LogP contribution in [-0.4, -0.2) is 32.3 Å². The van der Waals surface area contributed by atoms with Crippen LogP contribution in [0.2, 0.25) is 0 Å². The van der Waals surface area contributed by atoms with Crippen molar-refractivity contribution in [1.29, 1.82) is 0 Å². The monoisotopic (exact) mass is 386 g/mol. The smallest absolute Gasteiger partial charge is 0.164 e. The maximum absolute atomic E-state index is 6.20. The number of fused-ring (bicyclic) bond motifs is 1. The molecule has 4 aromatic rings. The number of nitrogen functional groups attached to an aromatic ring is 1. The second-order valence-corrected chi connectivity index (χ2v) is 7.22. The zero-order chi connectivity index (χ0) is 19.6. The van der Waals surface area contributed by atoms with E-state index in [9.17, 15) is 0 Å². The maximum Gasteiger partial charge on any atom is 0.164 e. The van der Waals surface area contributed by atoms with Gasteiger partial charge in [-0.15, -0.1) is 0 Å². The minimum Gasteiger partial charge on any atom is -0.457 e. The molecule has 1 aliphatic rings.